The molecule has 0 aromatic heterocycles. The minimum Gasteiger partial charge on any atom is -0.309 e. The fourth-order valence-electron chi connectivity index (χ4n) is 7.70. The average molecular weight is 448 g/mol. The van der Waals surface area contributed by atoms with Crippen molar-refractivity contribution < 1.29 is 0 Å². The van der Waals surface area contributed by atoms with Crippen molar-refractivity contribution in [2.45, 2.75) is 31.6 Å². The van der Waals surface area contributed by atoms with Crippen LogP contribution in [-0.2, 0) is 25.7 Å². The number of fused-ring (bicyclic) bond motifs is 12. The number of allylic oxidation sites excluding steroid dienone is 4. The molecule has 0 saturated carbocycles. The molecular weight excluding hydrogens is 422 g/mol. The van der Waals surface area contributed by atoms with Crippen LogP contribution >= 0.6 is 0 Å². The van der Waals surface area contributed by atoms with Crippen molar-refractivity contribution in [1.29, 1.82) is 0 Å². The van der Waals surface area contributed by atoms with Gasteiger partial charge in [0.2, 0.25) is 0 Å². The van der Waals surface area contributed by atoms with Crippen molar-refractivity contribution in [3.05, 3.63) is 136 Å². The molecule has 2 atom stereocenters. The predicted molar refractivity (Wildman–Crippen MR) is 143 cm³/mol. The van der Waals surface area contributed by atoms with Gasteiger partial charge in [-0.1, -0.05) is 85.0 Å². The lowest BCUT2D eigenvalue weighted by atomic mass is 9.81. The monoisotopic (exact) mass is 447 g/mol. The van der Waals surface area contributed by atoms with E-state index in [9.17, 15) is 0 Å². The Balaban J connectivity index is 1.33. The first-order chi connectivity index (χ1) is 17.3. The molecule has 0 spiro atoms. The summed E-state index contributed by atoms with van der Waals surface area (Å²) >= 11 is 0. The standard InChI is InChI=1S/C34H25N/c1-3-10-26-21(7-1)18-29-28(26)14-15-31-30(29)19-24-9-5-8-23-17-25-13-12-22-16-20-6-2-4-11-27(20)32(22)34(25)35(31)33(23)24/h1-15,20,27H,16-19H2. The summed E-state index contributed by atoms with van der Waals surface area (Å²) in [5.74, 6) is 1.08. The molecule has 2 aliphatic heterocycles. The van der Waals surface area contributed by atoms with E-state index in [-0.39, 0.29) is 0 Å². The van der Waals surface area contributed by atoms with E-state index in [1.54, 1.807) is 5.56 Å². The van der Waals surface area contributed by atoms with Gasteiger partial charge >= 0.3 is 0 Å². The second-order valence-corrected chi connectivity index (χ2v) is 10.8. The van der Waals surface area contributed by atoms with Crippen molar-refractivity contribution >= 4 is 17.1 Å². The molecule has 0 saturated heterocycles. The Labute approximate surface area is 206 Å². The topological polar surface area (TPSA) is 3.24 Å². The van der Waals surface area contributed by atoms with E-state index in [2.05, 4.69) is 95.9 Å². The van der Waals surface area contributed by atoms with Gasteiger partial charge in [-0.3, -0.25) is 0 Å². The smallest absolute Gasteiger partial charge is 0.0538 e. The molecule has 3 aliphatic carbocycles. The molecule has 2 heterocycles. The van der Waals surface area contributed by atoms with Crippen LogP contribution in [0.3, 0.4) is 0 Å². The second kappa shape index (κ2) is 6.43. The van der Waals surface area contributed by atoms with Crippen molar-refractivity contribution in [1.82, 2.24) is 0 Å². The SMILES string of the molecule is C1=CC2Cc3ccc4c(c3C2C=C1)N1c2ccc3c(c2Cc2cccc(c21)C4)Cc1ccccc1-3. The van der Waals surface area contributed by atoms with Gasteiger partial charge in [0.25, 0.3) is 0 Å². The maximum Gasteiger partial charge on any atom is 0.0538 e. The molecule has 166 valence electrons. The predicted octanol–water partition coefficient (Wildman–Crippen LogP) is 7.92. The number of anilines is 3. The zero-order valence-corrected chi connectivity index (χ0v) is 19.6. The summed E-state index contributed by atoms with van der Waals surface area (Å²) in [6.45, 7) is 0. The molecule has 2 unspecified atom stereocenters. The largest absolute Gasteiger partial charge is 0.309 e. The quantitative estimate of drug-likeness (QED) is 0.228. The first-order valence-electron chi connectivity index (χ1n) is 13.0. The number of rotatable bonds is 0. The number of benzene rings is 4. The Morgan fingerprint density at radius 2 is 1.34 bits per heavy atom. The van der Waals surface area contributed by atoms with E-state index < -0.39 is 0 Å². The number of nitrogens with zero attached hydrogens (tertiary/aromatic N) is 1. The van der Waals surface area contributed by atoms with Crippen LogP contribution in [0.2, 0.25) is 0 Å². The lowest BCUT2D eigenvalue weighted by molar-refractivity contribution is 0.630. The summed E-state index contributed by atoms with van der Waals surface area (Å²) in [5, 5.41) is 0. The molecule has 5 aliphatic rings. The summed E-state index contributed by atoms with van der Waals surface area (Å²) in [4.78, 5) is 2.68. The molecule has 0 radical (unpaired) electrons. The van der Waals surface area contributed by atoms with Crippen molar-refractivity contribution in [3.8, 4) is 11.1 Å². The normalized spacial score (nSPS) is 21.0. The van der Waals surface area contributed by atoms with Crippen LogP contribution in [0, 0.1) is 5.92 Å². The van der Waals surface area contributed by atoms with Gasteiger partial charge < -0.3 is 4.90 Å². The molecule has 4 aromatic carbocycles. The molecule has 0 bridgehead atoms. The van der Waals surface area contributed by atoms with E-state index in [4.69, 9.17) is 0 Å². The van der Waals surface area contributed by atoms with E-state index in [1.807, 2.05) is 0 Å². The molecule has 1 nitrogen and oxygen atoms in total. The number of hydrogen-bond acceptors (Lipinski definition) is 1. The maximum atomic E-state index is 2.68. The summed E-state index contributed by atoms with van der Waals surface area (Å²) in [6.07, 6.45) is 13.6. The third-order valence-electron chi connectivity index (χ3n) is 9.15. The summed E-state index contributed by atoms with van der Waals surface area (Å²) < 4.78 is 0. The van der Waals surface area contributed by atoms with Crippen LogP contribution in [0.4, 0.5) is 17.1 Å². The van der Waals surface area contributed by atoms with E-state index in [0.717, 1.165) is 25.7 Å². The summed E-state index contributed by atoms with van der Waals surface area (Å²) in [6, 6.07) is 25.6. The molecule has 9 rings (SSSR count). The van der Waals surface area contributed by atoms with Crippen LogP contribution in [0.1, 0.15) is 50.4 Å². The minimum absolute atomic E-state index is 0.489. The van der Waals surface area contributed by atoms with E-state index >= 15 is 0 Å². The van der Waals surface area contributed by atoms with Crippen LogP contribution in [0.15, 0.2) is 91.0 Å². The summed E-state index contributed by atoms with van der Waals surface area (Å²) in [7, 11) is 0. The molecule has 1 heteroatoms. The van der Waals surface area contributed by atoms with Crippen LogP contribution in [0.25, 0.3) is 11.1 Å². The van der Waals surface area contributed by atoms with Gasteiger partial charge in [-0.15, -0.1) is 0 Å². The Kier molecular flexibility index (Phi) is 3.39. The van der Waals surface area contributed by atoms with Gasteiger partial charge in [-0.25, -0.2) is 0 Å². The van der Waals surface area contributed by atoms with E-state index in [1.165, 1.54) is 67.1 Å². The Morgan fingerprint density at radius 1 is 0.571 bits per heavy atom. The van der Waals surface area contributed by atoms with Crippen molar-refractivity contribution in [3.63, 3.8) is 0 Å². The van der Waals surface area contributed by atoms with Gasteiger partial charge in [0.15, 0.2) is 0 Å². The highest BCUT2D eigenvalue weighted by Crippen LogP contribution is 2.57. The van der Waals surface area contributed by atoms with Crippen molar-refractivity contribution in [2.24, 2.45) is 5.92 Å². The van der Waals surface area contributed by atoms with Gasteiger partial charge in [-0.2, -0.15) is 0 Å². The second-order valence-electron chi connectivity index (χ2n) is 10.8. The molecular formula is C34H25N. The molecule has 0 N–H and O–H groups in total. The average Bonchev–Trinajstić information content (AvgIpc) is 3.47. The lowest BCUT2D eigenvalue weighted by Crippen LogP contribution is -2.27. The molecule has 0 fully saturated rings. The molecule has 0 amide bonds. The van der Waals surface area contributed by atoms with Crippen LogP contribution in [0.5, 0.6) is 0 Å². The highest BCUT2D eigenvalue weighted by Gasteiger charge is 2.40. The molecule has 4 aromatic rings. The Bertz CT molecular complexity index is 1670. The van der Waals surface area contributed by atoms with Crippen LogP contribution in [-0.4, -0.2) is 0 Å². The minimum atomic E-state index is 0.489. The third kappa shape index (κ3) is 2.29. The van der Waals surface area contributed by atoms with Gasteiger partial charge in [0.05, 0.1) is 17.1 Å². The number of hydrogen-bond donors (Lipinski definition) is 0. The van der Waals surface area contributed by atoms with Gasteiger partial charge in [0, 0.05) is 18.8 Å². The third-order valence-corrected chi connectivity index (χ3v) is 9.15. The van der Waals surface area contributed by atoms with Gasteiger partial charge in [0.1, 0.15) is 0 Å². The highest BCUT2D eigenvalue weighted by molar-refractivity contribution is 5.94. The van der Waals surface area contributed by atoms with Crippen molar-refractivity contribution in [2.75, 3.05) is 4.90 Å². The lowest BCUT2D eigenvalue weighted by Gasteiger charge is -2.42. The fraction of sp³-hybridized carbons (Fsp3) is 0.176. The van der Waals surface area contributed by atoms with Crippen LogP contribution < -0.4 is 4.90 Å². The zero-order chi connectivity index (χ0) is 22.7. The highest BCUT2D eigenvalue weighted by atomic mass is 15.2. The fourth-order valence-corrected chi connectivity index (χ4v) is 7.70. The first-order valence-corrected chi connectivity index (χ1v) is 13.0. The summed E-state index contributed by atoms with van der Waals surface area (Å²) in [5.41, 5.74) is 19.3. The first kappa shape index (κ1) is 18.5. The Hall–Kier alpha value is -3.84. The molecule has 35 heavy (non-hydrogen) atoms. The zero-order valence-electron chi connectivity index (χ0n) is 19.6. The Morgan fingerprint density at radius 3 is 2.31 bits per heavy atom. The van der Waals surface area contributed by atoms with E-state index in [0.29, 0.717) is 11.8 Å². The number of para-hydroxylation sites is 1. The maximum absolute atomic E-state index is 2.68. The van der Waals surface area contributed by atoms with Gasteiger partial charge in [-0.05, 0) is 80.5 Å².